The van der Waals surface area contributed by atoms with Gasteiger partial charge in [-0.3, -0.25) is 9.48 Å². The Labute approximate surface area is 101 Å². The van der Waals surface area contributed by atoms with E-state index in [0.717, 1.165) is 12.8 Å². The first-order valence-electron chi connectivity index (χ1n) is 6.26. The molecule has 1 aromatic rings. The number of nitrogens with zero attached hydrogens (tertiary/aromatic N) is 2. The van der Waals surface area contributed by atoms with Gasteiger partial charge >= 0.3 is 0 Å². The Bertz CT molecular complexity index is 388. The summed E-state index contributed by atoms with van der Waals surface area (Å²) in [5.74, 6) is 0.0345. The summed E-state index contributed by atoms with van der Waals surface area (Å²) in [6, 6.07) is 0.315. The molecule has 1 heterocycles. The molecule has 1 fully saturated rings. The predicted octanol–water partition coefficient (Wildman–Crippen LogP) is 1.06. The second kappa shape index (κ2) is 5.31. The van der Waals surface area contributed by atoms with Crippen LogP contribution in [0.25, 0.3) is 0 Å². The highest BCUT2D eigenvalue weighted by molar-refractivity contribution is 5.92. The monoisotopic (exact) mass is 236 g/mol. The summed E-state index contributed by atoms with van der Waals surface area (Å²) in [7, 11) is 0. The smallest absolute Gasteiger partial charge is 0.251 e. The highest BCUT2D eigenvalue weighted by Gasteiger charge is 2.25. The summed E-state index contributed by atoms with van der Waals surface area (Å²) in [5, 5.41) is 4.26. The van der Waals surface area contributed by atoms with E-state index in [-0.39, 0.29) is 0 Å². The quantitative estimate of drug-likeness (QED) is 0.769. The van der Waals surface area contributed by atoms with Crippen LogP contribution in [0.5, 0.6) is 0 Å². The van der Waals surface area contributed by atoms with Crippen molar-refractivity contribution in [1.82, 2.24) is 9.78 Å². The van der Waals surface area contributed by atoms with Crippen molar-refractivity contribution in [2.75, 3.05) is 6.54 Å². The summed E-state index contributed by atoms with van der Waals surface area (Å²) in [4.78, 5) is 11.1. The molecule has 1 aromatic heterocycles. The molecule has 5 nitrogen and oxygen atoms in total. The van der Waals surface area contributed by atoms with Gasteiger partial charge in [-0.25, -0.2) is 0 Å². The van der Waals surface area contributed by atoms with Gasteiger partial charge in [0.25, 0.3) is 5.91 Å². The minimum atomic E-state index is -0.422. The zero-order valence-electron chi connectivity index (χ0n) is 10.0. The highest BCUT2D eigenvalue weighted by Crippen LogP contribution is 2.31. The van der Waals surface area contributed by atoms with Crippen LogP contribution in [0.4, 0.5) is 0 Å². The van der Waals surface area contributed by atoms with Crippen LogP contribution in [0, 0.1) is 5.92 Å². The SMILES string of the molecule is NCC1CCCCCC1n1cc(C(N)=O)cn1. The molecular weight excluding hydrogens is 216 g/mol. The van der Waals surface area contributed by atoms with Gasteiger partial charge in [0.1, 0.15) is 0 Å². The van der Waals surface area contributed by atoms with Gasteiger partial charge in [0.15, 0.2) is 0 Å². The second-order valence-electron chi connectivity index (χ2n) is 4.77. The Balaban J connectivity index is 2.19. The number of amides is 1. The molecule has 0 saturated heterocycles. The maximum Gasteiger partial charge on any atom is 0.251 e. The Morgan fingerprint density at radius 3 is 2.82 bits per heavy atom. The van der Waals surface area contributed by atoms with Crippen LogP contribution in [0.1, 0.15) is 48.5 Å². The summed E-state index contributed by atoms with van der Waals surface area (Å²) < 4.78 is 1.88. The zero-order valence-corrected chi connectivity index (χ0v) is 10.0. The van der Waals surface area contributed by atoms with E-state index < -0.39 is 5.91 Å². The number of hydrogen-bond donors (Lipinski definition) is 2. The van der Waals surface area contributed by atoms with Crippen molar-refractivity contribution in [1.29, 1.82) is 0 Å². The predicted molar refractivity (Wildman–Crippen MR) is 65.4 cm³/mol. The van der Waals surface area contributed by atoms with Gasteiger partial charge in [-0.1, -0.05) is 19.3 Å². The molecule has 1 aliphatic carbocycles. The number of carbonyl (C=O) groups excluding carboxylic acids is 1. The lowest BCUT2D eigenvalue weighted by molar-refractivity contribution is 0.1000. The fourth-order valence-electron chi connectivity index (χ4n) is 2.63. The van der Waals surface area contributed by atoms with E-state index in [2.05, 4.69) is 5.10 Å². The van der Waals surface area contributed by atoms with E-state index in [1.807, 2.05) is 4.68 Å². The van der Waals surface area contributed by atoms with E-state index >= 15 is 0 Å². The Kier molecular flexibility index (Phi) is 3.78. The molecule has 1 amide bonds. The minimum absolute atomic E-state index is 0.315. The van der Waals surface area contributed by atoms with Crippen molar-refractivity contribution in [3.05, 3.63) is 18.0 Å². The average molecular weight is 236 g/mol. The van der Waals surface area contributed by atoms with Crippen LogP contribution >= 0.6 is 0 Å². The third-order valence-electron chi connectivity index (χ3n) is 3.65. The number of carbonyl (C=O) groups is 1. The molecule has 0 aromatic carbocycles. The van der Waals surface area contributed by atoms with Gasteiger partial charge in [0.2, 0.25) is 0 Å². The van der Waals surface area contributed by atoms with Gasteiger partial charge in [0, 0.05) is 6.20 Å². The first kappa shape index (κ1) is 12.1. The zero-order chi connectivity index (χ0) is 12.3. The highest BCUT2D eigenvalue weighted by atomic mass is 16.1. The molecule has 0 aliphatic heterocycles. The summed E-state index contributed by atoms with van der Waals surface area (Å²) in [6.07, 6.45) is 9.22. The topological polar surface area (TPSA) is 86.9 Å². The van der Waals surface area contributed by atoms with Crippen molar-refractivity contribution in [2.45, 2.75) is 38.1 Å². The molecule has 2 atom stereocenters. The van der Waals surface area contributed by atoms with Crippen LogP contribution in [0.15, 0.2) is 12.4 Å². The van der Waals surface area contributed by atoms with Crippen molar-refractivity contribution in [2.24, 2.45) is 17.4 Å². The number of hydrogen-bond acceptors (Lipinski definition) is 3. The van der Waals surface area contributed by atoms with E-state index in [1.54, 1.807) is 12.4 Å². The maximum absolute atomic E-state index is 11.1. The molecule has 0 radical (unpaired) electrons. The minimum Gasteiger partial charge on any atom is -0.366 e. The van der Waals surface area contributed by atoms with Crippen LogP contribution in [0.3, 0.4) is 0 Å². The summed E-state index contributed by atoms with van der Waals surface area (Å²) >= 11 is 0. The Morgan fingerprint density at radius 1 is 1.41 bits per heavy atom. The van der Waals surface area contributed by atoms with Crippen molar-refractivity contribution < 1.29 is 4.79 Å². The first-order chi connectivity index (χ1) is 8.22. The van der Waals surface area contributed by atoms with Crippen LogP contribution < -0.4 is 11.5 Å². The van der Waals surface area contributed by atoms with Crippen molar-refractivity contribution in [3.8, 4) is 0 Å². The van der Waals surface area contributed by atoms with Gasteiger partial charge < -0.3 is 11.5 Å². The van der Waals surface area contributed by atoms with E-state index in [1.165, 1.54) is 19.3 Å². The standard InChI is InChI=1S/C12H20N4O/c13-6-9-4-2-1-3-5-11(9)16-8-10(7-15-16)12(14)17/h7-9,11H,1-6,13H2,(H2,14,17). The van der Waals surface area contributed by atoms with Gasteiger partial charge in [-0.15, -0.1) is 0 Å². The molecule has 1 saturated carbocycles. The first-order valence-corrected chi connectivity index (χ1v) is 6.26. The van der Waals surface area contributed by atoms with Crippen molar-refractivity contribution >= 4 is 5.91 Å². The lowest BCUT2D eigenvalue weighted by Gasteiger charge is -2.24. The third kappa shape index (κ3) is 2.66. The summed E-state index contributed by atoms with van der Waals surface area (Å²) in [5.41, 5.74) is 11.5. The maximum atomic E-state index is 11.1. The molecule has 2 rings (SSSR count). The van der Waals surface area contributed by atoms with Gasteiger partial charge in [0.05, 0.1) is 17.8 Å². The average Bonchev–Trinajstić information content (AvgIpc) is 2.68. The Hall–Kier alpha value is -1.36. The van der Waals surface area contributed by atoms with Crippen LogP contribution in [-0.4, -0.2) is 22.2 Å². The lowest BCUT2D eigenvalue weighted by Crippen LogP contribution is -2.25. The molecule has 0 spiro atoms. The molecule has 5 heteroatoms. The van der Waals surface area contributed by atoms with Crippen LogP contribution in [0.2, 0.25) is 0 Å². The molecule has 4 N–H and O–H groups in total. The van der Waals surface area contributed by atoms with Crippen molar-refractivity contribution in [3.63, 3.8) is 0 Å². The fraction of sp³-hybridized carbons (Fsp3) is 0.667. The summed E-state index contributed by atoms with van der Waals surface area (Å²) in [6.45, 7) is 0.677. The molecule has 1 aliphatic rings. The number of nitrogens with two attached hydrogens (primary N) is 2. The van der Waals surface area contributed by atoms with Gasteiger partial charge in [-0.2, -0.15) is 5.10 Å². The number of primary amides is 1. The fourth-order valence-corrected chi connectivity index (χ4v) is 2.63. The third-order valence-corrected chi connectivity index (χ3v) is 3.65. The molecule has 17 heavy (non-hydrogen) atoms. The molecule has 0 bridgehead atoms. The van der Waals surface area contributed by atoms with Crippen LogP contribution in [-0.2, 0) is 0 Å². The second-order valence-corrected chi connectivity index (χ2v) is 4.77. The largest absolute Gasteiger partial charge is 0.366 e. The lowest BCUT2D eigenvalue weighted by atomic mass is 9.95. The van der Waals surface area contributed by atoms with E-state index in [4.69, 9.17) is 11.5 Å². The number of rotatable bonds is 3. The molecule has 94 valence electrons. The molecule has 2 unspecified atom stereocenters. The molecular formula is C12H20N4O. The van der Waals surface area contributed by atoms with E-state index in [0.29, 0.717) is 24.1 Å². The Morgan fingerprint density at radius 2 is 2.18 bits per heavy atom. The normalized spacial score (nSPS) is 25.5. The van der Waals surface area contributed by atoms with E-state index in [9.17, 15) is 4.79 Å². The number of aromatic nitrogens is 2. The van der Waals surface area contributed by atoms with Gasteiger partial charge in [-0.05, 0) is 25.3 Å².